The zero-order valence-electron chi connectivity index (χ0n) is 10.0. The fourth-order valence-electron chi connectivity index (χ4n) is 1.15. The van der Waals surface area contributed by atoms with E-state index >= 15 is 0 Å². The van der Waals surface area contributed by atoms with Gasteiger partial charge in [-0.3, -0.25) is 4.79 Å². The summed E-state index contributed by atoms with van der Waals surface area (Å²) in [6.07, 6.45) is 1.66. The molecule has 0 radical (unpaired) electrons. The number of ketones is 1. The highest BCUT2D eigenvalue weighted by Gasteiger charge is 2.19. The fraction of sp³-hybridized carbons (Fsp3) is 0.583. The standard InChI is InChI=1S/C12H18N2O/c1-8(2)10(15)9-6-7-13-11(14-9)12(3,4)5/h6-8H,1-5H3. The van der Waals surface area contributed by atoms with E-state index in [1.54, 1.807) is 12.3 Å². The monoisotopic (exact) mass is 206 g/mol. The predicted molar refractivity (Wildman–Crippen MR) is 59.9 cm³/mol. The van der Waals surface area contributed by atoms with Gasteiger partial charge in [0.05, 0.1) is 0 Å². The van der Waals surface area contributed by atoms with E-state index < -0.39 is 0 Å². The summed E-state index contributed by atoms with van der Waals surface area (Å²) in [7, 11) is 0. The summed E-state index contributed by atoms with van der Waals surface area (Å²) in [5.74, 6) is 0.768. The highest BCUT2D eigenvalue weighted by Crippen LogP contribution is 2.18. The molecule has 82 valence electrons. The molecule has 0 atom stereocenters. The zero-order valence-corrected chi connectivity index (χ0v) is 10.0. The van der Waals surface area contributed by atoms with Gasteiger partial charge in [0, 0.05) is 17.5 Å². The molecule has 3 nitrogen and oxygen atoms in total. The van der Waals surface area contributed by atoms with Gasteiger partial charge in [-0.05, 0) is 6.07 Å². The average Bonchev–Trinajstić information content (AvgIpc) is 2.15. The van der Waals surface area contributed by atoms with E-state index in [1.807, 2.05) is 34.6 Å². The van der Waals surface area contributed by atoms with Gasteiger partial charge >= 0.3 is 0 Å². The van der Waals surface area contributed by atoms with E-state index in [2.05, 4.69) is 9.97 Å². The van der Waals surface area contributed by atoms with E-state index in [1.165, 1.54) is 0 Å². The molecule has 0 aliphatic heterocycles. The molecule has 1 rings (SSSR count). The Kier molecular flexibility index (Phi) is 3.22. The van der Waals surface area contributed by atoms with Crippen molar-refractivity contribution in [3.05, 3.63) is 23.8 Å². The fourth-order valence-corrected chi connectivity index (χ4v) is 1.15. The molecule has 0 saturated heterocycles. The average molecular weight is 206 g/mol. The first kappa shape index (κ1) is 11.8. The van der Waals surface area contributed by atoms with Gasteiger partial charge in [-0.15, -0.1) is 0 Å². The van der Waals surface area contributed by atoms with Gasteiger partial charge < -0.3 is 0 Å². The van der Waals surface area contributed by atoms with Crippen molar-refractivity contribution in [3.63, 3.8) is 0 Å². The van der Waals surface area contributed by atoms with Crippen molar-refractivity contribution in [2.75, 3.05) is 0 Å². The Labute approximate surface area is 91.0 Å². The number of aromatic nitrogens is 2. The van der Waals surface area contributed by atoms with Crippen molar-refractivity contribution in [2.45, 2.75) is 40.0 Å². The first-order valence-electron chi connectivity index (χ1n) is 5.20. The maximum Gasteiger partial charge on any atom is 0.183 e. The summed E-state index contributed by atoms with van der Waals surface area (Å²) in [6, 6.07) is 1.68. The molecule has 1 aromatic rings. The first-order chi connectivity index (χ1) is 6.82. The van der Waals surface area contributed by atoms with Crippen LogP contribution in [0.1, 0.15) is 50.9 Å². The highest BCUT2D eigenvalue weighted by atomic mass is 16.1. The first-order valence-corrected chi connectivity index (χ1v) is 5.20. The molecule has 0 spiro atoms. The molecule has 0 saturated carbocycles. The highest BCUT2D eigenvalue weighted by molar-refractivity contribution is 5.95. The molecule has 0 bridgehead atoms. The molecule has 0 amide bonds. The molecule has 0 aromatic carbocycles. The minimum atomic E-state index is -0.118. The van der Waals surface area contributed by atoms with Crippen molar-refractivity contribution in [2.24, 2.45) is 5.92 Å². The largest absolute Gasteiger partial charge is 0.292 e. The topological polar surface area (TPSA) is 42.9 Å². The number of hydrogen-bond donors (Lipinski definition) is 0. The SMILES string of the molecule is CC(C)C(=O)c1ccnc(C(C)(C)C)n1. The summed E-state index contributed by atoms with van der Waals surface area (Å²) in [4.78, 5) is 20.2. The lowest BCUT2D eigenvalue weighted by atomic mass is 9.95. The Morgan fingerprint density at radius 2 is 1.93 bits per heavy atom. The second-order valence-electron chi connectivity index (χ2n) is 5.03. The smallest absolute Gasteiger partial charge is 0.183 e. The summed E-state index contributed by atoms with van der Waals surface area (Å²) in [5.41, 5.74) is 0.401. The Balaban J connectivity index is 3.09. The van der Waals surface area contributed by atoms with E-state index in [4.69, 9.17) is 0 Å². The van der Waals surface area contributed by atoms with E-state index in [9.17, 15) is 4.79 Å². The molecule has 15 heavy (non-hydrogen) atoms. The summed E-state index contributed by atoms with van der Waals surface area (Å²) >= 11 is 0. The molecular weight excluding hydrogens is 188 g/mol. The number of Topliss-reactive ketones (excluding diaryl/α,β-unsaturated/α-hetero) is 1. The van der Waals surface area contributed by atoms with Crippen LogP contribution in [0, 0.1) is 5.92 Å². The maximum absolute atomic E-state index is 11.7. The Hall–Kier alpha value is -1.25. The van der Waals surface area contributed by atoms with Crippen LogP contribution in [0.15, 0.2) is 12.3 Å². The van der Waals surface area contributed by atoms with E-state index in [0.29, 0.717) is 11.5 Å². The third-order valence-electron chi connectivity index (χ3n) is 2.10. The van der Waals surface area contributed by atoms with Gasteiger partial charge in [0.1, 0.15) is 11.5 Å². The number of carbonyl (C=O) groups is 1. The van der Waals surface area contributed by atoms with Crippen LogP contribution < -0.4 is 0 Å². The quantitative estimate of drug-likeness (QED) is 0.698. The minimum Gasteiger partial charge on any atom is -0.292 e. The molecule has 0 aliphatic carbocycles. The molecule has 0 N–H and O–H groups in total. The molecule has 0 fully saturated rings. The molecule has 3 heteroatoms. The number of rotatable bonds is 2. The lowest BCUT2D eigenvalue weighted by Crippen LogP contribution is -2.19. The third-order valence-corrected chi connectivity index (χ3v) is 2.10. The lowest BCUT2D eigenvalue weighted by molar-refractivity contribution is 0.0933. The molecule has 0 aliphatic rings. The van der Waals surface area contributed by atoms with Crippen LogP contribution in [0.25, 0.3) is 0 Å². The van der Waals surface area contributed by atoms with Crippen LogP contribution in [0.2, 0.25) is 0 Å². The molecule has 1 heterocycles. The van der Waals surface area contributed by atoms with Gasteiger partial charge in [0.25, 0.3) is 0 Å². The van der Waals surface area contributed by atoms with E-state index in [-0.39, 0.29) is 17.1 Å². The van der Waals surface area contributed by atoms with Crippen LogP contribution in [0.3, 0.4) is 0 Å². The van der Waals surface area contributed by atoms with Gasteiger partial charge in [0.2, 0.25) is 0 Å². The second kappa shape index (κ2) is 4.09. The Morgan fingerprint density at radius 1 is 1.33 bits per heavy atom. The van der Waals surface area contributed by atoms with Gasteiger partial charge in [-0.25, -0.2) is 9.97 Å². The van der Waals surface area contributed by atoms with Gasteiger partial charge in [-0.1, -0.05) is 34.6 Å². The lowest BCUT2D eigenvalue weighted by Gasteiger charge is -2.16. The Morgan fingerprint density at radius 3 is 2.40 bits per heavy atom. The summed E-state index contributed by atoms with van der Waals surface area (Å²) < 4.78 is 0. The van der Waals surface area contributed by atoms with Gasteiger partial charge in [0.15, 0.2) is 5.78 Å². The van der Waals surface area contributed by atoms with Crippen molar-refractivity contribution in [1.29, 1.82) is 0 Å². The minimum absolute atomic E-state index is 0.0206. The third kappa shape index (κ3) is 2.85. The van der Waals surface area contributed by atoms with Gasteiger partial charge in [-0.2, -0.15) is 0 Å². The maximum atomic E-state index is 11.7. The van der Waals surface area contributed by atoms with Crippen LogP contribution in [-0.2, 0) is 5.41 Å². The van der Waals surface area contributed by atoms with Crippen molar-refractivity contribution in [1.82, 2.24) is 9.97 Å². The molecule has 1 aromatic heterocycles. The zero-order chi connectivity index (χ0) is 11.6. The Bertz CT molecular complexity index is 364. The van der Waals surface area contributed by atoms with Crippen LogP contribution in [0.4, 0.5) is 0 Å². The van der Waals surface area contributed by atoms with Crippen LogP contribution in [-0.4, -0.2) is 15.8 Å². The number of carbonyl (C=O) groups excluding carboxylic acids is 1. The van der Waals surface area contributed by atoms with Crippen molar-refractivity contribution >= 4 is 5.78 Å². The van der Waals surface area contributed by atoms with Crippen LogP contribution in [0.5, 0.6) is 0 Å². The normalized spacial score (nSPS) is 11.9. The number of hydrogen-bond acceptors (Lipinski definition) is 3. The van der Waals surface area contributed by atoms with E-state index in [0.717, 1.165) is 0 Å². The van der Waals surface area contributed by atoms with Crippen molar-refractivity contribution in [3.8, 4) is 0 Å². The molecular formula is C12H18N2O. The second-order valence-corrected chi connectivity index (χ2v) is 5.03. The predicted octanol–water partition coefficient (Wildman–Crippen LogP) is 2.61. The van der Waals surface area contributed by atoms with Crippen LogP contribution >= 0.6 is 0 Å². The summed E-state index contributed by atoms with van der Waals surface area (Å²) in [5, 5.41) is 0. The summed E-state index contributed by atoms with van der Waals surface area (Å²) in [6.45, 7) is 9.85. The number of nitrogens with zero attached hydrogens (tertiary/aromatic N) is 2. The molecule has 0 unspecified atom stereocenters. The van der Waals surface area contributed by atoms with Crippen molar-refractivity contribution < 1.29 is 4.79 Å².